The highest BCUT2D eigenvalue weighted by Gasteiger charge is 2.14. The number of alkyl halides is 1. The topological polar surface area (TPSA) is 0 Å². The van der Waals surface area contributed by atoms with E-state index in [4.69, 9.17) is 0 Å². The van der Waals surface area contributed by atoms with Crippen LogP contribution in [0.2, 0.25) is 0 Å². The fourth-order valence-corrected chi connectivity index (χ4v) is 2.79. The molecule has 0 N–H and O–H groups in total. The molecular formula is C13H8Br3F. The summed E-state index contributed by atoms with van der Waals surface area (Å²) in [7, 11) is 0. The van der Waals surface area contributed by atoms with Crippen LogP contribution in [0.25, 0.3) is 0 Å². The lowest BCUT2D eigenvalue weighted by Gasteiger charge is -2.12. The fourth-order valence-electron chi connectivity index (χ4n) is 1.52. The van der Waals surface area contributed by atoms with Gasteiger partial charge in [-0.05, 0) is 29.8 Å². The Morgan fingerprint density at radius 2 is 1.47 bits per heavy atom. The van der Waals surface area contributed by atoms with E-state index in [-0.39, 0.29) is 10.6 Å². The molecule has 88 valence electrons. The van der Waals surface area contributed by atoms with E-state index in [1.807, 2.05) is 30.3 Å². The first kappa shape index (κ1) is 13.2. The maximum atomic E-state index is 13.8. The molecule has 0 aromatic heterocycles. The van der Waals surface area contributed by atoms with E-state index in [1.165, 1.54) is 6.07 Å². The van der Waals surface area contributed by atoms with Crippen molar-refractivity contribution in [2.24, 2.45) is 0 Å². The largest absolute Gasteiger partial charge is 0.207 e. The Labute approximate surface area is 125 Å². The summed E-state index contributed by atoms with van der Waals surface area (Å²) in [5, 5.41) is 0. The smallest absolute Gasteiger partial charge is 0.129 e. The third-order valence-electron chi connectivity index (χ3n) is 2.40. The third kappa shape index (κ3) is 3.18. The molecule has 2 aromatic carbocycles. The number of halogens is 4. The summed E-state index contributed by atoms with van der Waals surface area (Å²) in [5.41, 5.74) is 1.66. The van der Waals surface area contributed by atoms with Crippen molar-refractivity contribution < 1.29 is 4.39 Å². The van der Waals surface area contributed by atoms with Crippen LogP contribution in [0.5, 0.6) is 0 Å². The molecule has 2 aromatic rings. The minimum absolute atomic E-state index is 0.135. The van der Waals surface area contributed by atoms with E-state index < -0.39 is 0 Å². The molecule has 0 fully saturated rings. The number of benzene rings is 2. The molecule has 0 aliphatic heterocycles. The third-order valence-corrected chi connectivity index (χ3v) is 4.44. The van der Waals surface area contributed by atoms with Gasteiger partial charge >= 0.3 is 0 Å². The molecule has 0 heterocycles. The standard InChI is InChI=1S/C13H8Br3F/c14-9-3-1-8(2-4-9)13(16)11-6-5-10(15)7-12(11)17/h1-7,13H. The molecular weight excluding hydrogens is 415 g/mol. The van der Waals surface area contributed by atoms with Crippen LogP contribution in [0.3, 0.4) is 0 Å². The van der Waals surface area contributed by atoms with E-state index in [2.05, 4.69) is 47.8 Å². The van der Waals surface area contributed by atoms with Crippen molar-refractivity contribution in [1.29, 1.82) is 0 Å². The average Bonchev–Trinajstić information content (AvgIpc) is 2.29. The summed E-state index contributed by atoms with van der Waals surface area (Å²) in [5.74, 6) is -0.218. The number of hydrogen-bond donors (Lipinski definition) is 0. The van der Waals surface area contributed by atoms with Gasteiger partial charge in [0.1, 0.15) is 5.82 Å². The summed E-state index contributed by atoms with van der Waals surface area (Å²) in [6, 6.07) is 12.9. The Balaban J connectivity index is 2.36. The highest BCUT2D eigenvalue weighted by molar-refractivity contribution is 9.10. The minimum atomic E-state index is -0.218. The second-order valence-electron chi connectivity index (χ2n) is 3.58. The minimum Gasteiger partial charge on any atom is -0.207 e. The normalized spacial score (nSPS) is 12.5. The predicted molar refractivity (Wildman–Crippen MR) is 79.0 cm³/mol. The van der Waals surface area contributed by atoms with Gasteiger partial charge in [0.05, 0.1) is 4.83 Å². The molecule has 0 aliphatic rings. The van der Waals surface area contributed by atoms with Crippen molar-refractivity contribution in [3.05, 3.63) is 68.4 Å². The Morgan fingerprint density at radius 3 is 2.06 bits per heavy atom. The molecule has 4 heteroatoms. The van der Waals surface area contributed by atoms with Crippen LogP contribution >= 0.6 is 47.8 Å². The number of rotatable bonds is 2. The van der Waals surface area contributed by atoms with Gasteiger partial charge in [0, 0.05) is 14.5 Å². The van der Waals surface area contributed by atoms with Gasteiger partial charge in [-0.15, -0.1) is 0 Å². The molecule has 0 bridgehead atoms. The van der Waals surface area contributed by atoms with Crippen LogP contribution in [-0.2, 0) is 0 Å². The van der Waals surface area contributed by atoms with E-state index in [0.29, 0.717) is 5.56 Å². The van der Waals surface area contributed by atoms with Crippen LogP contribution in [0.15, 0.2) is 51.4 Å². The van der Waals surface area contributed by atoms with Crippen LogP contribution in [0.1, 0.15) is 16.0 Å². The summed E-state index contributed by atoms with van der Waals surface area (Å²) >= 11 is 10.2. The molecule has 0 saturated heterocycles. The van der Waals surface area contributed by atoms with E-state index in [1.54, 1.807) is 6.07 Å². The first-order valence-corrected chi connectivity index (χ1v) is 7.42. The van der Waals surface area contributed by atoms with Crippen LogP contribution in [0, 0.1) is 5.82 Å². The molecule has 0 aliphatic carbocycles. The zero-order valence-electron chi connectivity index (χ0n) is 8.63. The van der Waals surface area contributed by atoms with Crippen molar-refractivity contribution in [2.45, 2.75) is 4.83 Å². The molecule has 0 spiro atoms. The molecule has 0 saturated carbocycles. The summed E-state index contributed by atoms with van der Waals surface area (Å²) in [6.45, 7) is 0. The second-order valence-corrected chi connectivity index (χ2v) is 6.33. The maximum absolute atomic E-state index is 13.8. The molecule has 0 amide bonds. The summed E-state index contributed by atoms with van der Waals surface area (Å²) < 4.78 is 15.6. The van der Waals surface area contributed by atoms with Crippen molar-refractivity contribution in [1.82, 2.24) is 0 Å². The van der Waals surface area contributed by atoms with Gasteiger partial charge in [-0.3, -0.25) is 0 Å². The molecule has 1 unspecified atom stereocenters. The van der Waals surface area contributed by atoms with Crippen LogP contribution in [0.4, 0.5) is 4.39 Å². The van der Waals surface area contributed by atoms with Crippen LogP contribution in [-0.4, -0.2) is 0 Å². The lowest BCUT2D eigenvalue weighted by Crippen LogP contribution is -1.96. The van der Waals surface area contributed by atoms with Gasteiger partial charge in [0.15, 0.2) is 0 Å². The van der Waals surface area contributed by atoms with Crippen molar-refractivity contribution in [3.63, 3.8) is 0 Å². The highest BCUT2D eigenvalue weighted by Crippen LogP contribution is 2.33. The van der Waals surface area contributed by atoms with Gasteiger partial charge in [-0.25, -0.2) is 4.39 Å². The Morgan fingerprint density at radius 1 is 0.882 bits per heavy atom. The van der Waals surface area contributed by atoms with Gasteiger partial charge in [-0.2, -0.15) is 0 Å². The Kier molecular flexibility index (Phi) is 4.39. The van der Waals surface area contributed by atoms with Gasteiger partial charge in [-0.1, -0.05) is 66.0 Å². The van der Waals surface area contributed by atoms with Crippen molar-refractivity contribution >= 4 is 47.8 Å². The Hall–Kier alpha value is -0.190. The van der Waals surface area contributed by atoms with Gasteiger partial charge in [0.25, 0.3) is 0 Å². The highest BCUT2D eigenvalue weighted by atomic mass is 79.9. The van der Waals surface area contributed by atoms with Crippen molar-refractivity contribution in [2.75, 3.05) is 0 Å². The molecule has 0 radical (unpaired) electrons. The maximum Gasteiger partial charge on any atom is 0.129 e. The summed E-state index contributed by atoms with van der Waals surface area (Å²) in [6.07, 6.45) is 0. The van der Waals surface area contributed by atoms with E-state index in [9.17, 15) is 4.39 Å². The SMILES string of the molecule is Fc1cc(Br)ccc1C(Br)c1ccc(Br)cc1. The predicted octanol–water partition coefficient (Wildman–Crippen LogP) is 5.84. The van der Waals surface area contributed by atoms with Gasteiger partial charge < -0.3 is 0 Å². The Bertz CT molecular complexity index is 523. The van der Waals surface area contributed by atoms with E-state index >= 15 is 0 Å². The average molecular weight is 423 g/mol. The first-order valence-electron chi connectivity index (χ1n) is 4.92. The zero-order valence-corrected chi connectivity index (χ0v) is 13.4. The second kappa shape index (κ2) is 5.63. The molecule has 0 nitrogen and oxygen atoms in total. The van der Waals surface area contributed by atoms with Crippen molar-refractivity contribution in [3.8, 4) is 0 Å². The molecule has 2 rings (SSSR count). The van der Waals surface area contributed by atoms with Crippen LogP contribution < -0.4 is 0 Å². The molecule has 1 atom stereocenters. The summed E-state index contributed by atoms with van der Waals surface area (Å²) in [4.78, 5) is -0.135. The van der Waals surface area contributed by atoms with Gasteiger partial charge in [0.2, 0.25) is 0 Å². The quantitative estimate of drug-likeness (QED) is 0.534. The lowest BCUT2D eigenvalue weighted by atomic mass is 10.0. The monoisotopic (exact) mass is 420 g/mol. The zero-order chi connectivity index (χ0) is 12.4. The number of hydrogen-bond acceptors (Lipinski definition) is 0. The fraction of sp³-hybridized carbons (Fsp3) is 0.0769. The molecule has 17 heavy (non-hydrogen) atoms. The van der Waals surface area contributed by atoms with E-state index in [0.717, 1.165) is 14.5 Å². The lowest BCUT2D eigenvalue weighted by molar-refractivity contribution is 0.612. The first-order chi connectivity index (χ1) is 8.08.